The predicted molar refractivity (Wildman–Crippen MR) is 108 cm³/mol. The smallest absolute Gasteiger partial charge is 0.243 e. The highest BCUT2D eigenvalue weighted by atomic mass is 32.2. The molecular formula is C20H33N3O3S. The van der Waals surface area contributed by atoms with Gasteiger partial charge in [-0.15, -0.1) is 0 Å². The summed E-state index contributed by atoms with van der Waals surface area (Å²) >= 11 is 0. The maximum Gasteiger partial charge on any atom is 0.243 e. The minimum absolute atomic E-state index is 0.0318. The quantitative estimate of drug-likeness (QED) is 0.660. The molecule has 1 aromatic rings. The first-order valence-corrected chi connectivity index (χ1v) is 11.5. The number of carbonyl (C=O) groups is 1. The SMILES string of the molecule is CCCC[C@H](CC)CNC(=O)CN1CCN(S(=O)(=O)c2ccccc2)CC1. The van der Waals surface area contributed by atoms with Crippen LogP contribution in [0, 0.1) is 5.92 Å². The number of nitrogens with zero attached hydrogens (tertiary/aromatic N) is 2. The Balaban J connectivity index is 1.76. The molecule has 0 aliphatic carbocycles. The van der Waals surface area contributed by atoms with Crippen LogP contribution in [0.3, 0.4) is 0 Å². The van der Waals surface area contributed by atoms with Gasteiger partial charge in [0.05, 0.1) is 11.4 Å². The minimum atomic E-state index is -3.44. The van der Waals surface area contributed by atoms with Gasteiger partial charge in [-0.25, -0.2) is 8.42 Å². The zero-order chi connectivity index (χ0) is 19.7. The normalized spacial score (nSPS) is 17.6. The number of hydrogen-bond acceptors (Lipinski definition) is 4. The number of unbranched alkanes of at least 4 members (excludes halogenated alkanes) is 1. The standard InChI is InChI=1S/C20H33N3O3S/c1-3-5-9-18(4-2)16-21-20(24)17-22-12-14-23(15-13-22)27(25,26)19-10-7-6-8-11-19/h6-8,10-11,18H,3-5,9,12-17H2,1-2H3,(H,21,24)/t18-/m0/s1. The van der Waals surface area contributed by atoms with Crippen molar-refractivity contribution >= 4 is 15.9 Å². The fourth-order valence-electron chi connectivity index (χ4n) is 3.33. The molecule has 6 nitrogen and oxygen atoms in total. The number of carbonyl (C=O) groups excluding carboxylic acids is 1. The molecule has 1 aromatic carbocycles. The number of rotatable bonds is 10. The van der Waals surface area contributed by atoms with Gasteiger partial charge in [0, 0.05) is 32.7 Å². The van der Waals surface area contributed by atoms with Gasteiger partial charge in [-0.1, -0.05) is 51.3 Å². The highest BCUT2D eigenvalue weighted by Crippen LogP contribution is 2.17. The lowest BCUT2D eigenvalue weighted by molar-refractivity contribution is -0.122. The average Bonchev–Trinajstić information content (AvgIpc) is 2.69. The Hall–Kier alpha value is -1.44. The summed E-state index contributed by atoms with van der Waals surface area (Å²) in [7, 11) is -3.44. The van der Waals surface area contributed by atoms with Crippen LogP contribution in [0.5, 0.6) is 0 Å². The molecule has 0 saturated carbocycles. The molecule has 1 aliphatic heterocycles. The fraction of sp³-hybridized carbons (Fsp3) is 0.650. The van der Waals surface area contributed by atoms with Crippen molar-refractivity contribution in [1.29, 1.82) is 0 Å². The Morgan fingerprint density at radius 3 is 2.37 bits per heavy atom. The van der Waals surface area contributed by atoms with E-state index in [2.05, 4.69) is 19.2 Å². The number of benzene rings is 1. The molecule has 152 valence electrons. The third-order valence-corrected chi connectivity index (χ3v) is 7.12. The molecule has 1 saturated heterocycles. The lowest BCUT2D eigenvalue weighted by atomic mass is 9.99. The third-order valence-electron chi connectivity index (χ3n) is 5.21. The second kappa shape index (κ2) is 10.8. The van der Waals surface area contributed by atoms with Gasteiger partial charge in [0.1, 0.15) is 0 Å². The summed E-state index contributed by atoms with van der Waals surface area (Å²) in [6, 6.07) is 8.52. The maximum atomic E-state index is 12.6. The van der Waals surface area contributed by atoms with Crippen LogP contribution in [0.25, 0.3) is 0 Å². The molecule has 1 heterocycles. The molecule has 0 bridgehead atoms. The summed E-state index contributed by atoms with van der Waals surface area (Å²) in [5.41, 5.74) is 0. The van der Waals surface area contributed by atoms with Crippen LogP contribution >= 0.6 is 0 Å². The zero-order valence-electron chi connectivity index (χ0n) is 16.6. The lowest BCUT2D eigenvalue weighted by Crippen LogP contribution is -2.51. The molecule has 1 N–H and O–H groups in total. The summed E-state index contributed by atoms with van der Waals surface area (Å²) in [5, 5.41) is 3.04. The van der Waals surface area contributed by atoms with Gasteiger partial charge in [0.15, 0.2) is 0 Å². The summed E-state index contributed by atoms with van der Waals surface area (Å²) in [4.78, 5) is 14.6. The topological polar surface area (TPSA) is 69.7 Å². The molecule has 0 spiro atoms. The van der Waals surface area contributed by atoms with E-state index in [-0.39, 0.29) is 5.91 Å². The van der Waals surface area contributed by atoms with Crippen LogP contribution in [0.4, 0.5) is 0 Å². The van der Waals surface area contributed by atoms with E-state index in [1.54, 1.807) is 30.3 Å². The van der Waals surface area contributed by atoms with E-state index in [0.29, 0.717) is 43.5 Å². The Kier molecular flexibility index (Phi) is 8.73. The zero-order valence-corrected chi connectivity index (χ0v) is 17.4. The first kappa shape index (κ1) is 21.9. The Bertz CT molecular complexity index is 671. The van der Waals surface area contributed by atoms with E-state index in [1.807, 2.05) is 4.90 Å². The van der Waals surface area contributed by atoms with Crippen molar-refractivity contribution in [2.45, 2.75) is 44.4 Å². The largest absolute Gasteiger partial charge is 0.355 e. The molecule has 1 atom stereocenters. The molecule has 0 unspecified atom stereocenters. The van der Waals surface area contributed by atoms with Gasteiger partial charge in [0.2, 0.25) is 15.9 Å². The van der Waals surface area contributed by atoms with E-state index >= 15 is 0 Å². The Labute approximate surface area is 164 Å². The van der Waals surface area contributed by atoms with Gasteiger partial charge in [-0.3, -0.25) is 9.69 Å². The molecule has 7 heteroatoms. The van der Waals surface area contributed by atoms with Crippen LogP contribution in [0.15, 0.2) is 35.2 Å². The first-order valence-electron chi connectivity index (χ1n) is 10.0. The predicted octanol–water partition coefficient (Wildman–Crippen LogP) is 2.33. The lowest BCUT2D eigenvalue weighted by Gasteiger charge is -2.33. The summed E-state index contributed by atoms with van der Waals surface area (Å²) in [6.07, 6.45) is 4.62. The Morgan fingerprint density at radius 2 is 1.78 bits per heavy atom. The van der Waals surface area contributed by atoms with Crippen LogP contribution in [-0.4, -0.2) is 62.8 Å². The average molecular weight is 396 g/mol. The number of piperazine rings is 1. The van der Waals surface area contributed by atoms with Crippen molar-refractivity contribution in [2.24, 2.45) is 5.92 Å². The first-order chi connectivity index (χ1) is 13.0. The molecule has 1 fully saturated rings. The van der Waals surface area contributed by atoms with Gasteiger partial charge in [0.25, 0.3) is 0 Å². The molecular weight excluding hydrogens is 362 g/mol. The van der Waals surface area contributed by atoms with Crippen molar-refractivity contribution in [3.8, 4) is 0 Å². The molecule has 1 aliphatic rings. The Morgan fingerprint density at radius 1 is 1.11 bits per heavy atom. The number of hydrogen-bond donors (Lipinski definition) is 1. The maximum absolute atomic E-state index is 12.6. The number of amides is 1. The summed E-state index contributed by atoms with van der Waals surface area (Å²) in [6.45, 7) is 7.40. The summed E-state index contributed by atoms with van der Waals surface area (Å²) < 4.78 is 26.8. The van der Waals surface area contributed by atoms with Crippen LogP contribution in [0.1, 0.15) is 39.5 Å². The van der Waals surface area contributed by atoms with Crippen LogP contribution in [0.2, 0.25) is 0 Å². The van der Waals surface area contributed by atoms with Crippen molar-refractivity contribution in [3.63, 3.8) is 0 Å². The third kappa shape index (κ3) is 6.59. The van der Waals surface area contributed by atoms with Crippen LogP contribution in [-0.2, 0) is 14.8 Å². The van der Waals surface area contributed by atoms with E-state index in [0.717, 1.165) is 19.4 Å². The molecule has 27 heavy (non-hydrogen) atoms. The van der Waals surface area contributed by atoms with Crippen molar-refractivity contribution in [2.75, 3.05) is 39.3 Å². The van der Waals surface area contributed by atoms with Gasteiger partial charge >= 0.3 is 0 Å². The molecule has 0 aromatic heterocycles. The van der Waals surface area contributed by atoms with Gasteiger partial charge in [-0.2, -0.15) is 4.31 Å². The summed E-state index contributed by atoms with van der Waals surface area (Å²) in [5.74, 6) is 0.575. The van der Waals surface area contributed by atoms with Gasteiger partial charge in [-0.05, 0) is 24.5 Å². The highest BCUT2D eigenvalue weighted by molar-refractivity contribution is 7.89. The highest BCUT2D eigenvalue weighted by Gasteiger charge is 2.28. The second-order valence-electron chi connectivity index (χ2n) is 7.21. The van der Waals surface area contributed by atoms with E-state index in [9.17, 15) is 13.2 Å². The second-order valence-corrected chi connectivity index (χ2v) is 9.15. The van der Waals surface area contributed by atoms with Crippen molar-refractivity contribution in [3.05, 3.63) is 30.3 Å². The van der Waals surface area contributed by atoms with Crippen LogP contribution < -0.4 is 5.32 Å². The number of sulfonamides is 1. The van der Waals surface area contributed by atoms with E-state index < -0.39 is 10.0 Å². The van der Waals surface area contributed by atoms with E-state index in [4.69, 9.17) is 0 Å². The van der Waals surface area contributed by atoms with Gasteiger partial charge < -0.3 is 5.32 Å². The minimum Gasteiger partial charge on any atom is -0.355 e. The monoisotopic (exact) mass is 395 g/mol. The molecule has 0 radical (unpaired) electrons. The fourth-order valence-corrected chi connectivity index (χ4v) is 4.77. The van der Waals surface area contributed by atoms with Crippen molar-refractivity contribution < 1.29 is 13.2 Å². The molecule has 1 amide bonds. The number of nitrogens with one attached hydrogen (secondary N) is 1. The van der Waals surface area contributed by atoms with E-state index in [1.165, 1.54) is 17.1 Å². The molecule has 2 rings (SSSR count). The van der Waals surface area contributed by atoms with Crippen molar-refractivity contribution in [1.82, 2.24) is 14.5 Å².